The van der Waals surface area contributed by atoms with Crippen LogP contribution in [0.3, 0.4) is 0 Å². The van der Waals surface area contributed by atoms with Gasteiger partial charge in [0.05, 0.1) is 18.1 Å². The summed E-state index contributed by atoms with van der Waals surface area (Å²) in [6.07, 6.45) is 7.36. The number of rotatable bonds is 4. The van der Waals surface area contributed by atoms with Gasteiger partial charge in [-0.3, -0.25) is 4.98 Å². The molecule has 0 aliphatic heterocycles. The molecule has 1 fully saturated rings. The van der Waals surface area contributed by atoms with Crippen molar-refractivity contribution in [3.63, 3.8) is 0 Å². The molecule has 0 unspecified atom stereocenters. The maximum Gasteiger partial charge on any atom is 0.237 e. The van der Waals surface area contributed by atoms with Gasteiger partial charge in [-0.15, -0.1) is 0 Å². The fourth-order valence-corrected chi connectivity index (χ4v) is 3.04. The lowest BCUT2D eigenvalue weighted by molar-refractivity contribution is 0.378. The quantitative estimate of drug-likeness (QED) is 0.748. The Kier molecular flexibility index (Phi) is 4.38. The second-order valence-electron chi connectivity index (χ2n) is 6.37. The molecule has 1 aliphatic rings. The molecule has 0 bridgehead atoms. The molecule has 0 saturated heterocycles. The summed E-state index contributed by atoms with van der Waals surface area (Å²) >= 11 is 0. The van der Waals surface area contributed by atoms with E-state index in [0.717, 1.165) is 24.8 Å². The average molecular weight is 361 g/mol. The van der Waals surface area contributed by atoms with Crippen molar-refractivity contribution in [2.75, 3.05) is 5.73 Å². The van der Waals surface area contributed by atoms with Gasteiger partial charge in [-0.25, -0.2) is 14.4 Å². The summed E-state index contributed by atoms with van der Waals surface area (Å²) in [5, 5.41) is 9.27. The molecule has 3 aromatic rings. The van der Waals surface area contributed by atoms with E-state index < -0.39 is 5.82 Å². The van der Waals surface area contributed by atoms with Crippen LogP contribution in [-0.2, 0) is 0 Å². The molecule has 1 aliphatic carbocycles. The lowest BCUT2D eigenvalue weighted by atomic mass is 9.79. The normalized spacial score (nSPS) is 13.6. The first-order valence-electron chi connectivity index (χ1n) is 8.60. The number of nitriles is 1. The van der Waals surface area contributed by atoms with E-state index in [-0.39, 0.29) is 34.5 Å². The summed E-state index contributed by atoms with van der Waals surface area (Å²) in [5.74, 6) is 0.114. The number of anilines is 1. The van der Waals surface area contributed by atoms with E-state index in [4.69, 9.17) is 10.5 Å². The lowest BCUT2D eigenvalue weighted by Crippen LogP contribution is -2.11. The molecule has 2 N–H and O–H groups in total. The molecule has 0 atom stereocenters. The molecular weight excluding hydrogens is 345 g/mol. The number of nitrogen functional groups attached to an aromatic ring is 1. The SMILES string of the molecule is N#Cc1cccnc1Oc1c(C2CCC2)ccc(-c2cnc(N)cn2)c1F. The molecule has 7 heteroatoms. The van der Waals surface area contributed by atoms with E-state index in [0.29, 0.717) is 5.69 Å². The zero-order valence-corrected chi connectivity index (χ0v) is 14.4. The van der Waals surface area contributed by atoms with Crippen molar-refractivity contribution >= 4 is 5.82 Å². The monoisotopic (exact) mass is 361 g/mol. The topological polar surface area (TPSA) is 97.7 Å². The molecule has 134 valence electrons. The first kappa shape index (κ1) is 16.9. The van der Waals surface area contributed by atoms with E-state index >= 15 is 4.39 Å². The van der Waals surface area contributed by atoms with Crippen molar-refractivity contribution in [3.05, 3.63) is 59.8 Å². The van der Waals surface area contributed by atoms with Crippen LogP contribution in [0.25, 0.3) is 11.3 Å². The molecule has 0 spiro atoms. The van der Waals surface area contributed by atoms with Gasteiger partial charge in [0.25, 0.3) is 0 Å². The number of hydrogen-bond donors (Lipinski definition) is 1. The Morgan fingerprint density at radius 2 is 2.00 bits per heavy atom. The van der Waals surface area contributed by atoms with Crippen LogP contribution in [0.1, 0.15) is 36.3 Å². The zero-order chi connectivity index (χ0) is 18.8. The smallest absolute Gasteiger partial charge is 0.237 e. The van der Waals surface area contributed by atoms with E-state index in [1.54, 1.807) is 18.2 Å². The third kappa shape index (κ3) is 3.17. The van der Waals surface area contributed by atoms with Gasteiger partial charge in [0, 0.05) is 17.3 Å². The number of benzene rings is 1. The number of pyridine rings is 1. The number of halogens is 1. The molecule has 27 heavy (non-hydrogen) atoms. The minimum absolute atomic E-state index is 0.0833. The molecule has 2 aromatic heterocycles. The highest BCUT2D eigenvalue weighted by Crippen LogP contribution is 2.45. The molecule has 0 amide bonds. The molecule has 2 heterocycles. The number of nitrogens with zero attached hydrogens (tertiary/aromatic N) is 4. The van der Waals surface area contributed by atoms with Crippen molar-refractivity contribution in [1.82, 2.24) is 15.0 Å². The summed E-state index contributed by atoms with van der Waals surface area (Å²) in [4.78, 5) is 12.2. The molecule has 4 rings (SSSR count). The van der Waals surface area contributed by atoms with E-state index in [2.05, 4.69) is 15.0 Å². The van der Waals surface area contributed by atoms with Crippen molar-refractivity contribution in [2.45, 2.75) is 25.2 Å². The number of ether oxygens (including phenoxy) is 1. The van der Waals surface area contributed by atoms with Crippen LogP contribution in [-0.4, -0.2) is 15.0 Å². The van der Waals surface area contributed by atoms with Gasteiger partial charge in [-0.05, 0) is 37.0 Å². The predicted octanol–water partition coefficient (Wildman–Crippen LogP) is 4.19. The van der Waals surface area contributed by atoms with Crippen LogP contribution < -0.4 is 10.5 Å². The molecular formula is C20H16FN5O. The van der Waals surface area contributed by atoms with Gasteiger partial charge in [0.2, 0.25) is 5.88 Å². The Hall–Kier alpha value is -3.53. The Morgan fingerprint density at radius 3 is 2.67 bits per heavy atom. The predicted molar refractivity (Wildman–Crippen MR) is 97.5 cm³/mol. The zero-order valence-electron chi connectivity index (χ0n) is 14.4. The van der Waals surface area contributed by atoms with Gasteiger partial charge >= 0.3 is 0 Å². The Morgan fingerprint density at radius 1 is 1.15 bits per heavy atom. The highest BCUT2D eigenvalue weighted by Gasteiger charge is 2.27. The fourth-order valence-electron chi connectivity index (χ4n) is 3.04. The summed E-state index contributed by atoms with van der Waals surface area (Å²) in [7, 11) is 0. The first-order valence-corrected chi connectivity index (χ1v) is 8.60. The average Bonchev–Trinajstić information content (AvgIpc) is 2.64. The van der Waals surface area contributed by atoms with Crippen molar-refractivity contribution in [1.29, 1.82) is 5.26 Å². The number of aromatic nitrogens is 3. The van der Waals surface area contributed by atoms with Gasteiger partial charge in [0.15, 0.2) is 11.6 Å². The molecule has 1 saturated carbocycles. The van der Waals surface area contributed by atoms with Crippen molar-refractivity contribution < 1.29 is 9.13 Å². The number of nitrogens with two attached hydrogens (primary N) is 1. The van der Waals surface area contributed by atoms with Crippen LogP contribution in [0.2, 0.25) is 0 Å². The third-order valence-electron chi connectivity index (χ3n) is 4.71. The standard InChI is InChI=1S/C20H16FN5O/c21-18-15(16-10-26-17(23)11-25-16)7-6-14(12-3-1-4-12)19(18)27-20-13(9-22)5-2-8-24-20/h2,5-8,10-12H,1,3-4H2,(H2,23,26). The van der Waals surface area contributed by atoms with Gasteiger partial charge in [-0.1, -0.05) is 12.5 Å². The summed E-state index contributed by atoms with van der Waals surface area (Å²) in [5.41, 5.74) is 7.20. The van der Waals surface area contributed by atoms with Crippen LogP contribution in [0.5, 0.6) is 11.6 Å². The summed E-state index contributed by atoms with van der Waals surface area (Å²) < 4.78 is 21.3. The Labute approximate surface area is 155 Å². The van der Waals surface area contributed by atoms with Crippen LogP contribution >= 0.6 is 0 Å². The summed E-state index contributed by atoms with van der Waals surface area (Å²) in [6, 6.07) is 8.77. The highest BCUT2D eigenvalue weighted by atomic mass is 19.1. The molecule has 6 nitrogen and oxygen atoms in total. The highest BCUT2D eigenvalue weighted by molar-refractivity contribution is 5.64. The second-order valence-corrected chi connectivity index (χ2v) is 6.37. The largest absolute Gasteiger partial charge is 0.434 e. The number of hydrogen-bond acceptors (Lipinski definition) is 6. The maximum absolute atomic E-state index is 15.4. The second kappa shape index (κ2) is 7.00. The van der Waals surface area contributed by atoms with E-state index in [1.165, 1.54) is 18.6 Å². The maximum atomic E-state index is 15.4. The van der Waals surface area contributed by atoms with Gasteiger partial charge < -0.3 is 10.5 Å². The first-order chi connectivity index (χ1) is 13.2. The van der Waals surface area contributed by atoms with Crippen LogP contribution in [0.15, 0.2) is 42.9 Å². The lowest BCUT2D eigenvalue weighted by Gasteiger charge is -2.28. The molecule has 1 aromatic carbocycles. The molecule has 0 radical (unpaired) electrons. The third-order valence-corrected chi connectivity index (χ3v) is 4.71. The van der Waals surface area contributed by atoms with E-state index in [9.17, 15) is 5.26 Å². The van der Waals surface area contributed by atoms with Gasteiger partial charge in [-0.2, -0.15) is 5.26 Å². The van der Waals surface area contributed by atoms with Crippen LogP contribution in [0, 0.1) is 17.1 Å². The Bertz CT molecular complexity index is 1030. The van der Waals surface area contributed by atoms with Crippen LogP contribution in [0.4, 0.5) is 10.2 Å². The van der Waals surface area contributed by atoms with E-state index in [1.807, 2.05) is 12.1 Å². The van der Waals surface area contributed by atoms with Crippen molar-refractivity contribution in [2.24, 2.45) is 0 Å². The Balaban J connectivity index is 1.82. The van der Waals surface area contributed by atoms with Gasteiger partial charge in [0.1, 0.15) is 17.5 Å². The minimum Gasteiger partial charge on any atom is -0.434 e. The summed E-state index contributed by atoms with van der Waals surface area (Å²) in [6.45, 7) is 0. The fraction of sp³-hybridized carbons (Fsp3) is 0.200. The van der Waals surface area contributed by atoms with Crippen molar-refractivity contribution in [3.8, 4) is 29.0 Å². The minimum atomic E-state index is -0.548.